The molecule has 0 unspecified atom stereocenters. The van der Waals surface area contributed by atoms with E-state index in [1.807, 2.05) is 60.7 Å². The molecule has 0 aliphatic carbocycles. The summed E-state index contributed by atoms with van der Waals surface area (Å²) >= 11 is 0. The highest BCUT2D eigenvalue weighted by molar-refractivity contribution is 7.90. The average molecular weight is 543 g/mol. The largest absolute Gasteiger partial charge is 0.497 e. The monoisotopic (exact) mass is 542 g/mol. The second-order valence-corrected chi connectivity index (χ2v) is 11.1. The van der Waals surface area contributed by atoms with Crippen molar-refractivity contribution in [2.45, 2.75) is 24.4 Å². The van der Waals surface area contributed by atoms with Gasteiger partial charge in [-0.15, -0.1) is 0 Å². The van der Waals surface area contributed by atoms with Gasteiger partial charge < -0.3 is 15.4 Å². The van der Waals surface area contributed by atoms with Gasteiger partial charge in [0.15, 0.2) is 9.84 Å². The van der Waals surface area contributed by atoms with Crippen molar-refractivity contribution >= 4 is 21.7 Å². The molecule has 7 nitrogen and oxygen atoms in total. The Morgan fingerprint density at radius 3 is 2.00 bits per heavy atom. The number of nitrogens with one attached hydrogen (secondary N) is 2. The van der Waals surface area contributed by atoms with Crippen LogP contribution in [0.3, 0.4) is 0 Å². The van der Waals surface area contributed by atoms with Crippen molar-refractivity contribution < 1.29 is 22.7 Å². The molecule has 0 saturated heterocycles. The van der Waals surface area contributed by atoms with E-state index in [0.717, 1.165) is 39.8 Å². The molecule has 4 aromatic carbocycles. The number of benzene rings is 4. The minimum atomic E-state index is -3.28. The lowest BCUT2D eigenvalue weighted by atomic mass is 9.94. The molecule has 200 valence electrons. The van der Waals surface area contributed by atoms with Gasteiger partial charge in [-0.25, -0.2) is 8.42 Å². The molecule has 0 radical (unpaired) electrons. The predicted octanol–water partition coefficient (Wildman–Crippen LogP) is 4.55. The lowest BCUT2D eigenvalue weighted by Gasteiger charge is -2.15. The second-order valence-electron chi connectivity index (χ2n) is 9.10. The summed E-state index contributed by atoms with van der Waals surface area (Å²) in [7, 11) is -1.68. The van der Waals surface area contributed by atoms with E-state index in [4.69, 9.17) is 4.74 Å². The highest BCUT2D eigenvalue weighted by atomic mass is 32.2. The van der Waals surface area contributed by atoms with Crippen molar-refractivity contribution in [3.8, 4) is 16.9 Å². The van der Waals surface area contributed by atoms with Crippen molar-refractivity contribution in [2.24, 2.45) is 0 Å². The second kappa shape index (κ2) is 12.4. The van der Waals surface area contributed by atoms with Gasteiger partial charge >= 0.3 is 0 Å². The van der Waals surface area contributed by atoms with E-state index in [9.17, 15) is 18.0 Å². The number of amides is 2. The number of carbonyl (C=O) groups excluding carboxylic acids is 2. The number of hydrogen-bond donors (Lipinski definition) is 2. The molecule has 2 N–H and O–H groups in total. The summed E-state index contributed by atoms with van der Waals surface area (Å²) in [5.41, 5.74) is 4.66. The van der Waals surface area contributed by atoms with Crippen LogP contribution in [0, 0.1) is 0 Å². The van der Waals surface area contributed by atoms with Gasteiger partial charge in [0, 0.05) is 24.9 Å². The molecular formula is C31H30N2O5S. The summed E-state index contributed by atoms with van der Waals surface area (Å²) in [5.74, 6) is 0.375. The summed E-state index contributed by atoms with van der Waals surface area (Å²) in [6, 6.07) is 28.8. The Morgan fingerprint density at radius 2 is 1.33 bits per heavy atom. The highest BCUT2D eigenvalue weighted by Crippen LogP contribution is 2.27. The smallest absolute Gasteiger partial charge is 0.252 e. The van der Waals surface area contributed by atoms with E-state index in [-0.39, 0.29) is 29.7 Å². The number of hydrogen-bond acceptors (Lipinski definition) is 5. The van der Waals surface area contributed by atoms with Gasteiger partial charge in [0.05, 0.1) is 18.4 Å². The molecule has 0 spiro atoms. The minimum absolute atomic E-state index is 0.108. The summed E-state index contributed by atoms with van der Waals surface area (Å²) < 4.78 is 28.5. The number of sulfone groups is 1. The maximum absolute atomic E-state index is 13.2. The Balaban J connectivity index is 1.45. The Labute approximate surface area is 228 Å². The summed E-state index contributed by atoms with van der Waals surface area (Å²) in [4.78, 5) is 26.0. The topological polar surface area (TPSA) is 102 Å². The third kappa shape index (κ3) is 7.33. The van der Waals surface area contributed by atoms with Crippen LogP contribution in [-0.2, 0) is 34.1 Å². The minimum Gasteiger partial charge on any atom is -0.497 e. The molecule has 4 aromatic rings. The maximum Gasteiger partial charge on any atom is 0.252 e. The Morgan fingerprint density at radius 1 is 0.718 bits per heavy atom. The van der Waals surface area contributed by atoms with Gasteiger partial charge in [0.25, 0.3) is 5.91 Å². The molecule has 8 heteroatoms. The summed E-state index contributed by atoms with van der Waals surface area (Å²) in [6.07, 6.45) is 1.40. The molecule has 0 heterocycles. The van der Waals surface area contributed by atoms with Gasteiger partial charge in [-0.3, -0.25) is 9.59 Å². The first-order chi connectivity index (χ1) is 18.7. The maximum atomic E-state index is 13.2. The van der Waals surface area contributed by atoms with Crippen LogP contribution in [0.15, 0.2) is 102 Å². The SMILES string of the molecule is COc1ccc(CC(=O)NCc2ccccc2-c2ccccc2C(=O)NCc2ccc(S(C)(=O)=O)cc2)cc1. The molecule has 0 fully saturated rings. The third-order valence-corrected chi connectivity index (χ3v) is 7.41. The predicted molar refractivity (Wildman–Crippen MR) is 151 cm³/mol. The molecule has 4 rings (SSSR count). The van der Waals surface area contributed by atoms with Crippen molar-refractivity contribution in [3.05, 3.63) is 119 Å². The summed E-state index contributed by atoms with van der Waals surface area (Å²) in [6.45, 7) is 0.564. The molecule has 0 aliphatic heterocycles. The van der Waals surface area contributed by atoms with Crippen molar-refractivity contribution in [1.82, 2.24) is 10.6 Å². The Kier molecular flexibility index (Phi) is 8.78. The zero-order valence-electron chi connectivity index (χ0n) is 21.8. The van der Waals surface area contributed by atoms with Crippen LogP contribution in [0.25, 0.3) is 11.1 Å². The first kappa shape index (κ1) is 27.6. The van der Waals surface area contributed by atoms with E-state index < -0.39 is 9.84 Å². The fraction of sp³-hybridized carbons (Fsp3) is 0.161. The lowest BCUT2D eigenvalue weighted by molar-refractivity contribution is -0.120. The van der Waals surface area contributed by atoms with Gasteiger partial charge in [0.2, 0.25) is 5.91 Å². The zero-order chi connectivity index (χ0) is 27.8. The molecule has 2 amide bonds. The van der Waals surface area contributed by atoms with E-state index in [1.54, 1.807) is 31.4 Å². The van der Waals surface area contributed by atoms with E-state index >= 15 is 0 Å². The molecule has 0 saturated carbocycles. The van der Waals surface area contributed by atoms with Gasteiger partial charge in [-0.1, -0.05) is 66.7 Å². The van der Waals surface area contributed by atoms with E-state index in [2.05, 4.69) is 10.6 Å². The fourth-order valence-corrected chi connectivity index (χ4v) is 4.80. The molecule has 39 heavy (non-hydrogen) atoms. The number of carbonyl (C=O) groups is 2. The van der Waals surface area contributed by atoms with Crippen LogP contribution in [0.4, 0.5) is 0 Å². The third-order valence-electron chi connectivity index (χ3n) is 6.28. The van der Waals surface area contributed by atoms with E-state index in [0.29, 0.717) is 12.1 Å². The Bertz CT molecular complexity index is 1560. The van der Waals surface area contributed by atoms with Crippen molar-refractivity contribution in [3.63, 3.8) is 0 Å². The van der Waals surface area contributed by atoms with Crippen LogP contribution in [0.2, 0.25) is 0 Å². The van der Waals surface area contributed by atoms with E-state index in [1.165, 1.54) is 12.1 Å². The number of rotatable bonds is 10. The number of ether oxygens (including phenoxy) is 1. The van der Waals surface area contributed by atoms with Crippen molar-refractivity contribution in [1.29, 1.82) is 0 Å². The van der Waals surface area contributed by atoms with Gasteiger partial charge in [-0.05, 0) is 58.1 Å². The quantitative estimate of drug-likeness (QED) is 0.306. The highest BCUT2D eigenvalue weighted by Gasteiger charge is 2.15. The van der Waals surface area contributed by atoms with Crippen LogP contribution in [-0.4, -0.2) is 33.6 Å². The first-order valence-electron chi connectivity index (χ1n) is 12.4. The Hall–Kier alpha value is -4.43. The standard InChI is InChI=1S/C31H30N2O5S/c1-38-25-15-11-22(12-16-25)19-30(34)32-21-24-7-3-4-8-27(24)28-9-5-6-10-29(28)31(35)33-20-23-13-17-26(18-14-23)39(2,36)37/h3-18H,19-21H2,1-2H3,(H,32,34)(H,33,35). The first-order valence-corrected chi connectivity index (χ1v) is 14.3. The molecule has 0 aliphatic rings. The van der Waals surface area contributed by atoms with Crippen molar-refractivity contribution in [2.75, 3.05) is 13.4 Å². The molecular weight excluding hydrogens is 512 g/mol. The molecule has 0 aromatic heterocycles. The van der Waals surface area contributed by atoms with Gasteiger partial charge in [-0.2, -0.15) is 0 Å². The lowest BCUT2D eigenvalue weighted by Crippen LogP contribution is -2.25. The van der Waals surface area contributed by atoms with Crippen LogP contribution in [0.1, 0.15) is 27.0 Å². The number of methoxy groups -OCH3 is 1. The van der Waals surface area contributed by atoms with Gasteiger partial charge in [0.1, 0.15) is 5.75 Å². The van der Waals surface area contributed by atoms with Crippen LogP contribution >= 0.6 is 0 Å². The average Bonchev–Trinajstić information content (AvgIpc) is 2.95. The van der Waals surface area contributed by atoms with Crippen LogP contribution < -0.4 is 15.4 Å². The van der Waals surface area contributed by atoms with Crippen LogP contribution in [0.5, 0.6) is 5.75 Å². The normalized spacial score (nSPS) is 11.0. The fourth-order valence-electron chi connectivity index (χ4n) is 4.17. The summed E-state index contributed by atoms with van der Waals surface area (Å²) in [5, 5.41) is 5.90. The zero-order valence-corrected chi connectivity index (χ0v) is 22.6. The molecule has 0 bridgehead atoms. The molecule has 0 atom stereocenters.